The van der Waals surface area contributed by atoms with Crippen LogP contribution >= 0.6 is 11.8 Å². The minimum absolute atomic E-state index is 0.0420. The van der Waals surface area contributed by atoms with E-state index >= 15 is 0 Å². The van der Waals surface area contributed by atoms with Gasteiger partial charge in [-0.3, -0.25) is 4.79 Å². The summed E-state index contributed by atoms with van der Waals surface area (Å²) in [6.07, 6.45) is 1.74. The molecule has 2 aromatic rings. The third-order valence-corrected chi connectivity index (χ3v) is 4.32. The summed E-state index contributed by atoms with van der Waals surface area (Å²) in [5, 5.41) is 12.0. The lowest BCUT2D eigenvalue weighted by Gasteiger charge is -2.05. The summed E-state index contributed by atoms with van der Waals surface area (Å²) < 4.78 is 5.39. The molecule has 3 rings (SSSR count). The van der Waals surface area contributed by atoms with Gasteiger partial charge in [0.25, 0.3) is 5.91 Å². The van der Waals surface area contributed by atoms with Crippen molar-refractivity contribution in [3.05, 3.63) is 64.6 Å². The van der Waals surface area contributed by atoms with Crippen LogP contribution in [-0.4, -0.2) is 17.7 Å². The summed E-state index contributed by atoms with van der Waals surface area (Å²) >= 11 is 1.28. The summed E-state index contributed by atoms with van der Waals surface area (Å²) in [5.74, 6) is 0.361. The van der Waals surface area contributed by atoms with Crippen molar-refractivity contribution in [1.82, 2.24) is 5.32 Å². The van der Waals surface area contributed by atoms with Crippen molar-refractivity contribution in [2.45, 2.75) is 6.92 Å². The number of nitrogens with zero attached hydrogens (tertiary/aromatic N) is 2. The van der Waals surface area contributed by atoms with E-state index in [1.807, 2.05) is 55.5 Å². The zero-order valence-corrected chi connectivity index (χ0v) is 14.3. The summed E-state index contributed by atoms with van der Waals surface area (Å²) in [6, 6.07) is 17.0. The normalized spacial score (nSPS) is 16.7. The van der Waals surface area contributed by atoms with Crippen molar-refractivity contribution < 1.29 is 9.53 Å². The average molecular weight is 349 g/mol. The van der Waals surface area contributed by atoms with Gasteiger partial charge >= 0.3 is 0 Å². The van der Waals surface area contributed by atoms with E-state index in [4.69, 9.17) is 10.00 Å². The first kappa shape index (κ1) is 16.8. The van der Waals surface area contributed by atoms with E-state index in [-0.39, 0.29) is 12.5 Å². The highest BCUT2D eigenvalue weighted by Gasteiger charge is 2.24. The van der Waals surface area contributed by atoms with Crippen LogP contribution in [0.15, 0.2) is 58.4 Å². The summed E-state index contributed by atoms with van der Waals surface area (Å²) in [4.78, 5) is 17.2. The maximum Gasteiger partial charge on any atom is 0.264 e. The number of hydrogen-bond donors (Lipinski definition) is 1. The number of aryl methyl sites for hydroxylation is 1. The predicted molar refractivity (Wildman–Crippen MR) is 99.5 cm³/mol. The van der Waals surface area contributed by atoms with Gasteiger partial charge in [-0.05, 0) is 43.0 Å². The monoisotopic (exact) mass is 349 g/mol. The third-order valence-electron chi connectivity index (χ3n) is 3.41. The van der Waals surface area contributed by atoms with Gasteiger partial charge in [0.15, 0.2) is 11.8 Å². The average Bonchev–Trinajstić information content (AvgIpc) is 2.95. The quantitative estimate of drug-likeness (QED) is 0.852. The Morgan fingerprint density at radius 3 is 2.76 bits per heavy atom. The molecular formula is C19H15N3O2S. The molecular weight excluding hydrogens is 334 g/mol. The second-order valence-corrected chi connectivity index (χ2v) is 6.33. The van der Waals surface area contributed by atoms with Crippen LogP contribution in [-0.2, 0) is 4.79 Å². The minimum atomic E-state index is -0.203. The Balaban J connectivity index is 1.82. The first-order valence-electron chi connectivity index (χ1n) is 7.61. The second-order valence-electron chi connectivity index (χ2n) is 5.30. The van der Waals surface area contributed by atoms with Crippen LogP contribution in [0.25, 0.3) is 6.08 Å². The van der Waals surface area contributed by atoms with Crippen LogP contribution in [0.3, 0.4) is 0 Å². The molecule has 1 amide bonds. The Bertz CT molecular complexity index is 896. The van der Waals surface area contributed by atoms with Crippen molar-refractivity contribution in [1.29, 1.82) is 5.26 Å². The largest absolute Gasteiger partial charge is 0.478 e. The van der Waals surface area contributed by atoms with Gasteiger partial charge in [0.1, 0.15) is 11.8 Å². The number of aliphatic imine (C=N–C) groups is 1. The summed E-state index contributed by atoms with van der Waals surface area (Å²) in [5.41, 5.74) is 2.68. The molecule has 1 saturated heterocycles. The molecule has 0 unspecified atom stereocenters. The van der Waals surface area contributed by atoms with Crippen molar-refractivity contribution in [3.63, 3.8) is 0 Å². The molecule has 1 aliphatic heterocycles. The maximum absolute atomic E-state index is 12.2. The second kappa shape index (κ2) is 7.69. The van der Waals surface area contributed by atoms with Crippen LogP contribution in [0.1, 0.15) is 11.1 Å². The molecule has 124 valence electrons. The molecule has 0 aliphatic carbocycles. The molecule has 0 spiro atoms. The number of benzene rings is 2. The van der Waals surface area contributed by atoms with Gasteiger partial charge < -0.3 is 10.1 Å². The molecule has 1 aliphatic rings. The molecule has 2 aromatic carbocycles. The lowest BCUT2D eigenvalue weighted by atomic mass is 10.2. The third kappa shape index (κ3) is 4.28. The van der Waals surface area contributed by atoms with E-state index in [9.17, 15) is 4.79 Å². The molecule has 0 atom stereocenters. The highest BCUT2D eigenvalue weighted by Crippen LogP contribution is 2.30. The Hall–Kier alpha value is -3.04. The van der Waals surface area contributed by atoms with Gasteiger partial charge in [-0.15, -0.1) is 0 Å². The van der Waals surface area contributed by atoms with Gasteiger partial charge in [0.2, 0.25) is 0 Å². The number of nitriles is 1. The maximum atomic E-state index is 12.2. The first-order chi connectivity index (χ1) is 12.2. The van der Waals surface area contributed by atoms with Crippen LogP contribution in [0.5, 0.6) is 5.75 Å². The van der Waals surface area contributed by atoms with E-state index < -0.39 is 0 Å². The molecule has 0 radical (unpaired) electrons. The highest BCUT2D eigenvalue weighted by atomic mass is 32.2. The van der Waals surface area contributed by atoms with Crippen LogP contribution < -0.4 is 10.1 Å². The highest BCUT2D eigenvalue weighted by molar-refractivity contribution is 8.18. The number of hydrogen-bond acceptors (Lipinski definition) is 5. The standard InChI is InChI=1S/C19H15N3O2S/c1-13-6-8-15(9-7-13)21-19-22-18(23)17(25-19)12-14-4-2-3-5-16(14)24-11-10-20/h2-9,12H,11H2,1H3,(H,21,22,23)/b17-12-. The Morgan fingerprint density at radius 1 is 1.24 bits per heavy atom. The fraction of sp³-hybridized carbons (Fsp3) is 0.105. The number of para-hydroxylation sites is 1. The van der Waals surface area contributed by atoms with Gasteiger partial charge in [-0.1, -0.05) is 35.9 Å². The lowest BCUT2D eigenvalue weighted by molar-refractivity contribution is -0.115. The van der Waals surface area contributed by atoms with E-state index in [0.29, 0.717) is 15.8 Å². The molecule has 1 heterocycles. The van der Waals surface area contributed by atoms with Gasteiger partial charge in [-0.2, -0.15) is 5.26 Å². The molecule has 1 N–H and O–H groups in total. The van der Waals surface area contributed by atoms with E-state index in [0.717, 1.165) is 16.8 Å². The first-order valence-corrected chi connectivity index (χ1v) is 8.42. The fourth-order valence-electron chi connectivity index (χ4n) is 2.20. The number of carbonyl (C=O) groups is 1. The topological polar surface area (TPSA) is 74.5 Å². The molecule has 0 aromatic heterocycles. The number of ether oxygens (including phenoxy) is 1. The number of rotatable bonds is 4. The lowest BCUT2D eigenvalue weighted by Crippen LogP contribution is -2.19. The Kier molecular flexibility index (Phi) is 5.17. The fourth-order valence-corrected chi connectivity index (χ4v) is 3.03. The van der Waals surface area contributed by atoms with Crippen molar-refractivity contribution in [2.24, 2.45) is 4.99 Å². The smallest absolute Gasteiger partial charge is 0.264 e. The Morgan fingerprint density at radius 2 is 2.00 bits per heavy atom. The van der Waals surface area contributed by atoms with Gasteiger partial charge in [0.05, 0.1) is 10.6 Å². The number of amidine groups is 1. The predicted octanol–water partition coefficient (Wildman–Crippen LogP) is 3.79. The molecule has 1 fully saturated rings. The molecule has 0 saturated carbocycles. The number of thioether (sulfide) groups is 1. The molecule has 5 nitrogen and oxygen atoms in total. The van der Waals surface area contributed by atoms with Gasteiger partial charge in [-0.25, -0.2) is 4.99 Å². The minimum Gasteiger partial charge on any atom is -0.478 e. The summed E-state index contributed by atoms with van der Waals surface area (Å²) in [6.45, 7) is 1.97. The van der Waals surface area contributed by atoms with Crippen LogP contribution in [0.2, 0.25) is 0 Å². The SMILES string of the molecule is Cc1ccc(N=C2NC(=O)/C(=C/c3ccccc3OCC#N)S2)cc1. The zero-order valence-electron chi connectivity index (χ0n) is 13.5. The van der Waals surface area contributed by atoms with Crippen LogP contribution in [0.4, 0.5) is 5.69 Å². The van der Waals surface area contributed by atoms with Crippen LogP contribution in [0, 0.1) is 18.3 Å². The number of carbonyl (C=O) groups excluding carboxylic acids is 1. The number of nitrogens with one attached hydrogen (secondary N) is 1. The van der Waals surface area contributed by atoms with E-state index in [1.54, 1.807) is 12.1 Å². The summed E-state index contributed by atoms with van der Waals surface area (Å²) in [7, 11) is 0. The Labute approximate surface area is 150 Å². The molecule has 25 heavy (non-hydrogen) atoms. The van der Waals surface area contributed by atoms with Crippen molar-refractivity contribution in [3.8, 4) is 11.8 Å². The molecule has 6 heteroatoms. The van der Waals surface area contributed by atoms with Crippen molar-refractivity contribution >= 4 is 34.6 Å². The van der Waals surface area contributed by atoms with E-state index in [2.05, 4.69) is 10.3 Å². The molecule has 0 bridgehead atoms. The zero-order chi connectivity index (χ0) is 17.6. The number of amides is 1. The van der Waals surface area contributed by atoms with E-state index in [1.165, 1.54) is 11.8 Å². The van der Waals surface area contributed by atoms with Crippen molar-refractivity contribution in [2.75, 3.05) is 6.61 Å². The van der Waals surface area contributed by atoms with Gasteiger partial charge in [0, 0.05) is 5.56 Å².